The van der Waals surface area contributed by atoms with Crippen LogP contribution in [0.25, 0.3) is 10.8 Å². The van der Waals surface area contributed by atoms with Crippen molar-refractivity contribution in [3.8, 4) is 0 Å². The molecule has 0 aliphatic carbocycles. The molecule has 2 rings (SSSR count). The highest BCUT2D eigenvalue weighted by Crippen LogP contribution is 2.25. The van der Waals surface area contributed by atoms with Crippen LogP contribution in [0.15, 0.2) is 18.2 Å². The molecule has 4 heteroatoms. The van der Waals surface area contributed by atoms with E-state index in [-0.39, 0.29) is 5.97 Å². The molecule has 0 unspecified atom stereocenters. The van der Waals surface area contributed by atoms with Crippen molar-refractivity contribution in [3.05, 3.63) is 39.7 Å². The van der Waals surface area contributed by atoms with E-state index in [2.05, 4.69) is 11.5 Å². The lowest BCUT2D eigenvalue weighted by Gasteiger charge is -2.00. The van der Waals surface area contributed by atoms with E-state index >= 15 is 0 Å². The Hall–Kier alpha value is -1.68. The third kappa shape index (κ3) is 2.28. The molecule has 1 heterocycles. The van der Waals surface area contributed by atoms with Crippen molar-refractivity contribution in [1.82, 2.24) is 4.57 Å². The summed E-state index contributed by atoms with van der Waals surface area (Å²) in [4.78, 5) is 12.0. The molecular weight excluding hydrogens is 258 g/mol. The number of carbonyl (C=O) groups excluding carboxylic acids is 1. The Morgan fingerprint density at radius 1 is 1.26 bits per heavy atom. The largest absolute Gasteiger partial charge is 0.462 e. The Morgan fingerprint density at radius 3 is 2.53 bits per heavy atom. The monoisotopic (exact) mass is 275 g/mol. The van der Waals surface area contributed by atoms with Gasteiger partial charge in [0.25, 0.3) is 0 Å². The molecule has 0 fully saturated rings. The third-order valence-corrected chi connectivity index (χ3v) is 3.88. The van der Waals surface area contributed by atoms with E-state index in [0.717, 1.165) is 22.2 Å². The molecule has 2 aromatic rings. The molecule has 0 spiro atoms. The quantitative estimate of drug-likeness (QED) is 0.618. The lowest BCUT2D eigenvalue weighted by Crippen LogP contribution is -2.04. The number of hydrogen-bond donors (Lipinski definition) is 0. The van der Waals surface area contributed by atoms with Crippen molar-refractivity contribution in [2.24, 2.45) is 7.05 Å². The number of aromatic nitrogens is 1. The third-order valence-electron chi connectivity index (χ3n) is 3.53. The minimum atomic E-state index is -0.356. The first-order valence-corrected chi connectivity index (χ1v) is 6.65. The van der Waals surface area contributed by atoms with Crippen molar-refractivity contribution in [1.29, 1.82) is 0 Å². The van der Waals surface area contributed by atoms with Gasteiger partial charge in [-0.3, -0.25) is 0 Å². The normalized spacial score (nSPS) is 10.7. The summed E-state index contributed by atoms with van der Waals surface area (Å²) in [5, 5.41) is 2.15. The Balaban J connectivity index is 2.81. The number of esters is 1. The Bertz CT molecular complexity index is 716. The lowest BCUT2D eigenvalue weighted by atomic mass is 10.2. The first-order chi connectivity index (χ1) is 8.97. The van der Waals surface area contributed by atoms with E-state index in [0.29, 0.717) is 16.7 Å². The van der Waals surface area contributed by atoms with Crippen LogP contribution >= 0.6 is 12.2 Å². The van der Waals surface area contributed by atoms with Crippen LogP contribution in [0.3, 0.4) is 0 Å². The Kier molecular flexibility index (Phi) is 3.71. The average molecular weight is 275 g/mol. The van der Waals surface area contributed by atoms with E-state index in [9.17, 15) is 4.79 Å². The molecule has 0 N–H and O–H groups in total. The average Bonchev–Trinajstić information content (AvgIpc) is 2.54. The molecule has 3 nitrogen and oxygen atoms in total. The van der Waals surface area contributed by atoms with Crippen molar-refractivity contribution >= 4 is 29.0 Å². The number of nitrogens with zero attached hydrogens (tertiary/aromatic N) is 1. The molecule has 0 aliphatic heterocycles. The summed E-state index contributed by atoms with van der Waals surface area (Å²) in [6.45, 7) is 6.23. The first kappa shape index (κ1) is 13.7. The van der Waals surface area contributed by atoms with E-state index in [4.69, 9.17) is 17.0 Å². The first-order valence-electron chi connectivity index (χ1n) is 6.24. The molecule has 0 amide bonds. The molecule has 100 valence electrons. The van der Waals surface area contributed by atoms with Gasteiger partial charge in [0.2, 0.25) is 0 Å². The number of aryl methyl sites for hydroxylation is 2. The van der Waals surface area contributed by atoms with Gasteiger partial charge in [-0.15, -0.1) is 0 Å². The number of hydrogen-bond acceptors (Lipinski definition) is 3. The van der Waals surface area contributed by atoms with Crippen LogP contribution in [0.1, 0.15) is 28.7 Å². The lowest BCUT2D eigenvalue weighted by molar-refractivity contribution is 0.0526. The minimum Gasteiger partial charge on any atom is -0.462 e. The maximum absolute atomic E-state index is 12.0. The maximum atomic E-state index is 12.0. The van der Waals surface area contributed by atoms with Gasteiger partial charge in [-0.1, -0.05) is 18.3 Å². The fourth-order valence-corrected chi connectivity index (χ4v) is 2.44. The van der Waals surface area contributed by atoms with E-state index < -0.39 is 0 Å². The van der Waals surface area contributed by atoms with Crippen LogP contribution in [0, 0.1) is 18.4 Å². The molecule has 0 bridgehead atoms. The molecule has 0 atom stereocenters. The highest BCUT2D eigenvalue weighted by atomic mass is 32.1. The predicted molar refractivity (Wildman–Crippen MR) is 79.2 cm³/mol. The SMILES string of the molecule is CCOC(=O)c1cc2c(C)n(C)c(C)c2ccc1=S. The molecule has 0 saturated carbocycles. The standard InChI is InChI=1S/C15H17NO2S/c1-5-18-15(17)13-8-12-10(3)16(4)9(2)11(12)6-7-14(13)19/h6-8H,5H2,1-4H3. The minimum absolute atomic E-state index is 0.349. The fraction of sp³-hybridized carbons (Fsp3) is 0.333. The predicted octanol–water partition coefficient (Wildman–Crippen LogP) is 3.70. The van der Waals surface area contributed by atoms with Gasteiger partial charge in [-0.05, 0) is 32.9 Å². The van der Waals surface area contributed by atoms with Gasteiger partial charge in [0.05, 0.1) is 16.7 Å². The fourth-order valence-electron chi connectivity index (χ4n) is 2.23. The van der Waals surface area contributed by atoms with Gasteiger partial charge in [0.15, 0.2) is 0 Å². The summed E-state index contributed by atoms with van der Waals surface area (Å²) >= 11 is 5.27. The summed E-state index contributed by atoms with van der Waals surface area (Å²) in [6, 6.07) is 5.62. The molecule has 1 aromatic carbocycles. The Morgan fingerprint density at radius 2 is 1.89 bits per heavy atom. The number of rotatable bonds is 2. The van der Waals surface area contributed by atoms with Gasteiger partial charge < -0.3 is 9.30 Å². The van der Waals surface area contributed by atoms with Crippen molar-refractivity contribution in [2.75, 3.05) is 6.61 Å². The van der Waals surface area contributed by atoms with Crippen molar-refractivity contribution in [3.63, 3.8) is 0 Å². The molecule has 19 heavy (non-hydrogen) atoms. The van der Waals surface area contributed by atoms with E-state index in [1.54, 1.807) is 13.0 Å². The van der Waals surface area contributed by atoms with Gasteiger partial charge in [0, 0.05) is 29.2 Å². The van der Waals surface area contributed by atoms with Gasteiger partial charge >= 0.3 is 5.97 Å². The topological polar surface area (TPSA) is 31.2 Å². The number of fused-ring (bicyclic) bond motifs is 1. The van der Waals surface area contributed by atoms with Crippen LogP contribution in [-0.2, 0) is 11.8 Å². The molecule has 0 radical (unpaired) electrons. The highest BCUT2D eigenvalue weighted by molar-refractivity contribution is 7.71. The van der Waals surface area contributed by atoms with Crippen LogP contribution in [0.4, 0.5) is 0 Å². The second-order valence-electron chi connectivity index (χ2n) is 4.53. The highest BCUT2D eigenvalue weighted by Gasteiger charge is 2.12. The second-order valence-corrected chi connectivity index (χ2v) is 4.97. The van der Waals surface area contributed by atoms with Crippen LogP contribution in [0.2, 0.25) is 0 Å². The summed E-state index contributed by atoms with van der Waals surface area (Å²) in [7, 11) is 2.02. The van der Waals surface area contributed by atoms with E-state index in [1.807, 2.05) is 26.1 Å². The smallest absolute Gasteiger partial charge is 0.339 e. The van der Waals surface area contributed by atoms with Crippen molar-refractivity contribution < 1.29 is 9.53 Å². The molecule has 1 aromatic heterocycles. The van der Waals surface area contributed by atoms with Gasteiger partial charge in [0.1, 0.15) is 0 Å². The second kappa shape index (κ2) is 5.13. The number of ether oxygens (including phenoxy) is 1. The van der Waals surface area contributed by atoms with Gasteiger partial charge in [-0.2, -0.15) is 0 Å². The molecular formula is C15H17NO2S. The molecule has 0 saturated heterocycles. The van der Waals surface area contributed by atoms with Crippen LogP contribution < -0.4 is 0 Å². The van der Waals surface area contributed by atoms with Gasteiger partial charge in [-0.25, -0.2) is 4.79 Å². The Labute approximate surface area is 117 Å². The van der Waals surface area contributed by atoms with E-state index in [1.165, 1.54) is 0 Å². The zero-order chi connectivity index (χ0) is 14.2. The summed E-state index contributed by atoms with van der Waals surface area (Å²) in [6.07, 6.45) is 0. The number of carbonyl (C=O) groups is 1. The summed E-state index contributed by atoms with van der Waals surface area (Å²) < 4.78 is 7.70. The van der Waals surface area contributed by atoms with Crippen LogP contribution in [-0.4, -0.2) is 17.1 Å². The summed E-state index contributed by atoms with van der Waals surface area (Å²) in [5.41, 5.74) is 2.73. The molecule has 0 aliphatic rings. The van der Waals surface area contributed by atoms with Crippen LogP contribution in [0.5, 0.6) is 0 Å². The maximum Gasteiger partial charge on any atom is 0.339 e. The zero-order valence-corrected chi connectivity index (χ0v) is 12.4. The summed E-state index contributed by atoms with van der Waals surface area (Å²) in [5.74, 6) is -0.356. The zero-order valence-electron chi connectivity index (χ0n) is 11.6. The van der Waals surface area contributed by atoms with Crippen molar-refractivity contribution in [2.45, 2.75) is 20.8 Å².